The third-order valence-electron chi connectivity index (χ3n) is 4.68. The number of halogens is 1. The fourth-order valence-electron chi connectivity index (χ4n) is 3.22. The first-order valence-corrected chi connectivity index (χ1v) is 10.9. The second-order valence-electron chi connectivity index (χ2n) is 6.99. The van der Waals surface area contributed by atoms with Crippen molar-refractivity contribution in [2.45, 2.75) is 30.7 Å². The zero-order chi connectivity index (χ0) is 21.7. The Bertz CT molecular complexity index is 1020. The number of nitrogens with one attached hydrogen (secondary N) is 3. The number of hydrogen-bond acceptors (Lipinski definition) is 4. The smallest absolute Gasteiger partial charge is 0.319 e. The van der Waals surface area contributed by atoms with Gasteiger partial charge in [0.2, 0.25) is 15.9 Å². The maximum Gasteiger partial charge on any atom is 0.319 e. The summed E-state index contributed by atoms with van der Waals surface area (Å²) in [5.41, 5.74) is 0.865. The van der Waals surface area contributed by atoms with E-state index >= 15 is 0 Å². The van der Waals surface area contributed by atoms with Crippen molar-refractivity contribution in [1.82, 2.24) is 9.62 Å². The van der Waals surface area contributed by atoms with Crippen molar-refractivity contribution < 1.29 is 22.4 Å². The summed E-state index contributed by atoms with van der Waals surface area (Å²) < 4.78 is 40.2. The first-order chi connectivity index (χ1) is 14.2. The molecule has 1 aliphatic heterocycles. The first-order valence-electron chi connectivity index (χ1n) is 9.45. The molecule has 10 heteroatoms. The van der Waals surface area contributed by atoms with E-state index < -0.39 is 21.9 Å². The molecule has 1 heterocycles. The lowest BCUT2D eigenvalue weighted by Gasteiger charge is -2.31. The van der Waals surface area contributed by atoms with Crippen molar-refractivity contribution in [2.75, 3.05) is 23.7 Å². The third-order valence-corrected chi connectivity index (χ3v) is 6.60. The summed E-state index contributed by atoms with van der Waals surface area (Å²) in [6.07, 6.45) is 0.916. The monoisotopic (exact) mass is 434 g/mol. The summed E-state index contributed by atoms with van der Waals surface area (Å²) in [5, 5.41) is 7.95. The number of anilines is 2. The molecule has 3 amide bonds. The molecule has 30 heavy (non-hydrogen) atoms. The lowest BCUT2D eigenvalue weighted by Crippen LogP contribution is -2.47. The van der Waals surface area contributed by atoms with Crippen LogP contribution in [-0.4, -0.2) is 43.8 Å². The molecule has 3 N–H and O–H groups in total. The Morgan fingerprint density at radius 3 is 2.27 bits per heavy atom. The summed E-state index contributed by atoms with van der Waals surface area (Å²) >= 11 is 0. The number of nitrogens with zero attached hydrogens (tertiary/aromatic N) is 1. The Labute approximate surface area is 174 Å². The molecule has 0 atom stereocenters. The molecule has 1 aliphatic rings. The molecule has 160 valence electrons. The maximum atomic E-state index is 13.2. The summed E-state index contributed by atoms with van der Waals surface area (Å²) in [6.45, 7) is 1.91. The Hall–Kier alpha value is -2.98. The quantitative estimate of drug-likeness (QED) is 0.673. The number of urea groups is 1. The van der Waals surface area contributed by atoms with Crippen LogP contribution < -0.4 is 16.0 Å². The van der Waals surface area contributed by atoms with Gasteiger partial charge < -0.3 is 16.0 Å². The molecule has 1 fully saturated rings. The highest BCUT2D eigenvalue weighted by Gasteiger charge is 2.30. The normalized spacial score (nSPS) is 15.4. The molecule has 0 saturated carbocycles. The number of sulfonamides is 1. The van der Waals surface area contributed by atoms with Gasteiger partial charge in [0.1, 0.15) is 5.82 Å². The minimum Gasteiger partial charge on any atom is -0.335 e. The van der Waals surface area contributed by atoms with E-state index in [0.29, 0.717) is 24.2 Å². The van der Waals surface area contributed by atoms with Gasteiger partial charge >= 0.3 is 6.03 Å². The second kappa shape index (κ2) is 9.23. The molecule has 1 saturated heterocycles. The lowest BCUT2D eigenvalue weighted by atomic mass is 10.1. The van der Waals surface area contributed by atoms with E-state index in [-0.39, 0.29) is 29.9 Å². The van der Waals surface area contributed by atoms with Gasteiger partial charge in [-0.05, 0) is 55.3 Å². The largest absolute Gasteiger partial charge is 0.335 e. The number of rotatable bonds is 5. The molecular weight excluding hydrogens is 411 g/mol. The average Bonchev–Trinajstić information content (AvgIpc) is 2.68. The summed E-state index contributed by atoms with van der Waals surface area (Å²) in [5.74, 6) is -0.682. The number of carbonyl (C=O) groups excluding carboxylic acids is 2. The van der Waals surface area contributed by atoms with E-state index in [2.05, 4.69) is 16.0 Å². The fourth-order valence-corrected chi connectivity index (χ4v) is 4.69. The number of amides is 3. The summed E-state index contributed by atoms with van der Waals surface area (Å²) in [4.78, 5) is 23.3. The van der Waals surface area contributed by atoms with Gasteiger partial charge in [-0.15, -0.1) is 0 Å². The van der Waals surface area contributed by atoms with Crippen molar-refractivity contribution in [2.24, 2.45) is 0 Å². The maximum absolute atomic E-state index is 13.2. The van der Waals surface area contributed by atoms with Crippen molar-refractivity contribution in [3.05, 3.63) is 54.3 Å². The lowest BCUT2D eigenvalue weighted by molar-refractivity contribution is -0.114. The Morgan fingerprint density at radius 2 is 1.67 bits per heavy atom. The van der Waals surface area contributed by atoms with Crippen LogP contribution in [0.25, 0.3) is 0 Å². The molecule has 3 rings (SSSR count). The molecule has 0 unspecified atom stereocenters. The van der Waals surface area contributed by atoms with Crippen molar-refractivity contribution in [3.63, 3.8) is 0 Å². The molecule has 0 spiro atoms. The van der Waals surface area contributed by atoms with Gasteiger partial charge in [-0.25, -0.2) is 17.6 Å². The van der Waals surface area contributed by atoms with E-state index in [1.807, 2.05) is 0 Å². The van der Waals surface area contributed by atoms with Crippen LogP contribution in [0, 0.1) is 5.82 Å². The van der Waals surface area contributed by atoms with Crippen LogP contribution in [0.5, 0.6) is 0 Å². The standard InChI is InChI=1S/C20H23FN4O4S/c1-14(26)22-16-5-7-19(8-6-16)30(28,29)25-11-9-17(10-12-25)23-20(27)24-18-4-2-3-15(21)13-18/h2-8,13,17H,9-12H2,1H3,(H,22,26)(H2,23,24,27). The molecule has 2 aromatic rings. The predicted octanol–water partition coefficient (Wildman–Crippen LogP) is 2.76. The second-order valence-corrected chi connectivity index (χ2v) is 8.93. The zero-order valence-corrected chi connectivity index (χ0v) is 17.2. The molecule has 8 nitrogen and oxygen atoms in total. The molecule has 2 aromatic carbocycles. The van der Waals surface area contributed by atoms with Crippen LogP contribution in [0.2, 0.25) is 0 Å². The number of hydrogen-bond donors (Lipinski definition) is 3. The Balaban J connectivity index is 1.54. The van der Waals surface area contributed by atoms with E-state index in [1.54, 1.807) is 18.2 Å². The van der Waals surface area contributed by atoms with E-state index in [9.17, 15) is 22.4 Å². The number of carbonyl (C=O) groups is 2. The highest BCUT2D eigenvalue weighted by molar-refractivity contribution is 7.89. The molecule has 0 radical (unpaired) electrons. The molecule has 0 aliphatic carbocycles. The molecule has 0 bridgehead atoms. The minimum atomic E-state index is -3.66. The summed E-state index contributed by atoms with van der Waals surface area (Å²) in [6, 6.07) is 10.9. The zero-order valence-electron chi connectivity index (χ0n) is 16.4. The van der Waals surface area contributed by atoms with E-state index in [4.69, 9.17) is 0 Å². The predicted molar refractivity (Wildman–Crippen MR) is 111 cm³/mol. The van der Waals surface area contributed by atoms with Gasteiger partial charge in [0.25, 0.3) is 0 Å². The van der Waals surface area contributed by atoms with Crippen molar-refractivity contribution in [1.29, 1.82) is 0 Å². The van der Waals surface area contributed by atoms with Gasteiger partial charge in [0.05, 0.1) is 4.90 Å². The van der Waals surface area contributed by atoms with E-state index in [1.165, 1.54) is 41.6 Å². The van der Waals surface area contributed by atoms with Crippen LogP contribution in [-0.2, 0) is 14.8 Å². The first kappa shape index (κ1) is 21.7. The fraction of sp³-hybridized carbons (Fsp3) is 0.300. The van der Waals surface area contributed by atoms with Crippen molar-refractivity contribution >= 4 is 33.3 Å². The van der Waals surface area contributed by atoms with Crippen molar-refractivity contribution in [3.8, 4) is 0 Å². The van der Waals surface area contributed by atoms with Crippen LogP contribution in [0.4, 0.5) is 20.6 Å². The molecular formula is C20H23FN4O4S. The number of piperidine rings is 1. The SMILES string of the molecule is CC(=O)Nc1ccc(S(=O)(=O)N2CCC(NC(=O)Nc3cccc(F)c3)CC2)cc1. The highest BCUT2D eigenvalue weighted by Crippen LogP contribution is 2.22. The van der Waals surface area contributed by atoms with Gasteiger partial charge in [-0.1, -0.05) is 6.07 Å². The Kier molecular flexibility index (Phi) is 6.68. The molecule has 0 aromatic heterocycles. The highest BCUT2D eigenvalue weighted by atomic mass is 32.2. The van der Waals surface area contributed by atoms with Gasteiger partial charge in [0.15, 0.2) is 0 Å². The van der Waals surface area contributed by atoms with E-state index in [0.717, 1.165) is 0 Å². The number of benzene rings is 2. The van der Waals surface area contributed by atoms with Crippen LogP contribution in [0.15, 0.2) is 53.4 Å². The van der Waals surface area contributed by atoms with Gasteiger partial charge in [-0.2, -0.15) is 4.31 Å². The minimum absolute atomic E-state index is 0.145. The Morgan fingerprint density at radius 1 is 1.00 bits per heavy atom. The average molecular weight is 434 g/mol. The third kappa shape index (κ3) is 5.55. The van der Waals surface area contributed by atoms with Crippen LogP contribution in [0.3, 0.4) is 0 Å². The van der Waals surface area contributed by atoms with Crippen LogP contribution >= 0.6 is 0 Å². The summed E-state index contributed by atoms with van der Waals surface area (Å²) in [7, 11) is -3.66. The van der Waals surface area contributed by atoms with Gasteiger partial charge in [0, 0.05) is 37.4 Å². The topological polar surface area (TPSA) is 108 Å². The van der Waals surface area contributed by atoms with Crippen LogP contribution in [0.1, 0.15) is 19.8 Å². The van der Waals surface area contributed by atoms with Gasteiger partial charge in [-0.3, -0.25) is 4.79 Å².